The van der Waals surface area contributed by atoms with Crippen molar-refractivity contribution in [3.63, 3.8) is 0 Å². The van der Waals surface area contributed by atoms with Gasteiger partial charge in [-0.3, -0.25) is 0 Å². The fraction of sp³-hybridized carbons (Fsp3) is 0.125. The molecule has 9 rings (SSSR count). The Kier molecular flexibility index (Phi) is 20.9. The molecule has 0 aliphatic carbocycles. The first kappa shape index (κ1) is 66.1. The zero-order valence-corrected chi connectivity index (χ0v) is 45.4. The molecular weight excluding hydrogens is 1220 g/mol. The molecule has 7 heterocycles. The van der Waals surface area contributed by atoms with Gasteiger partial charge in [-0.25, -0.2) is 16.8 Å². The summed E-state index contributed by atoms with van der Waals surface area (Å²) in [6.45, 7) is 0. The predicted octanol–water partition coefficient (Wildman–Crippen LogP) is 6.26. The number of aromatic nitrogens is 6. The Morgan fingerprint density at radius 1 is 0.370 bits per heavy atom. The Hall–Kier alpha value is -7.42. The van der Waals surface area contributed by atoms with Gasteiger partial charge in [0.15, 0.2) is 31.4 Å². The van der Waals surface area contributed by atoms with Crippen molar-refractivity contribution < 1.29 is 135 Å². The quantitative estimate of drug-likeness (QED) is 0.0292. The maximum absolute atomic E-state index is 15.8. The fourth-order valence-corrected chi connectivity index (χ4v) is 7.18. The molecule has 0 saturated carbocycles. The smallest absolute Gasteiger partial charge is 0.485 e. The van der Waals surface area contributed by atoms with Crippen LogP contribution in [0.5, 0.6) is 0 Å². The topological polar surface area (TPSA) is 219 Å². The molecule has 0 saturated heterocycles. The van der Waals surface area contributed by atoms with Gasteiger partial charge < -0.3 is 39.3 Å². The number of benzene rings is 2. The standard InChI is InChI=1S/C44H22F10N6.2CHF3O3S.2CH4O.Zn/c1-59-15-11-19(12-16-59)29-21-3-7-25(55-21)31(33-35(45)39(49)43(53)40(50)36(33)46)27-9-5-23(57-27)30(20-13-17-60(2)18-14-20)24-6-10-28(58-24)32(26-8-4-22(29)56-26)34-37(47)41(51)44(54)42(52)38(34)48;2*2-1(3,4)8(5,6)7;2*1-2;/h3-18H,1-2H3;2*(H,5,6,7);2*2H,1H3;/q+2;;;;;/p-2. The van der Waals surface area contributed by atoms with E-state index in [-0.39, 0.29) is 76.9 Å². The van der Waals surface area contributed by atoms with Crippen LogP contribution in [0.3, 0.4) is 0 Å². The van der Waals surface area contributed by atoms with Crippen LogP contribution in [0.25, 0.3) is 0 Å². The molecule has 1 aliphatic rings. The van der Waals surface area contributed by atoms with Crippen LogP contribution in [0.1, 0.15) is 67.8 Å². The van der Waals surface area contributed by atoms with E-state index in [2.05, 4.69) is 19.9 Å². The Morgan fingerprint density at radius 3 is 0.704 bits per heavy atom. The zero-order valence-electron chi connectivity index (χ0n) is 40.8. The van der Waals surface area contributed by atoms with E-state index >= 15 is 17.6 Å². The Balaban J connectivity index is 0.000000580. The van der Waals surface area contributed by atoms with Gasteiger partial charge in [0.1, 0.15) is 14.1 Å². The van der Waals surface area contributed by atoms with Crippen LogP contribution >= 0.6 is 0 Å². The first-order valence-electron chi connectivity index (χ1n) is 21.2. The molecule has 0 atom stereocenters. The molecule has 0 amide bonds. The average molecular weight is 1250 g/mol. The van der Waals surface area contributed by atoms with Gasteiger partial charge in [-0.2, -0.15) is 79.4 Å². The molecule has 2 N–H and O–H groups in total. The third-order valence-corrected chi connectivity index (χ3v) is 11.8. The van der Waals surface area contributed by atoms with E-state index in [4.69, 9.17) is 36.2 Å². The van der Waals surface area contributed by atoms with Crippen LogP contribution in [0, 0.1) is 81.8 Å². The molecule has 8 bridgehead atoms. The van der Waals surface area contributed by atoms with E-state index in [1.54, 1.807) is 72.3 Å². The zero-order chi connectivity index (χ0) is 60.3. The van der Waals surface area contributed by atoms with Gasteiger partial charge in [0.2, 0.25) is 83.0 Å². The molecular formula is C48H30F16N6O8S2Zn. The Morgan fingerprint density at radius 2 is 0.531 bits per heavy atom. The molecule has 0 fully saturated rings. The normalized spacial score (nSPS) is 12.4. The second kappa shape index (κ2) is 25.6. The van der Waals surface area contributed by atoms with Crippen molar-refractivity contribution in [2.24, 2.45) is 14.1 Å². The monoisotopic (exact) mass is 1250 g/mol. The third-order valence-electron chi connectivity index (χ3n) is 10.6. The summed E-state index contributed by atoms with van der Waals surface area (Å²) in [7, 11) is -6.73. The van der Waals surface area contributed by atoms with E-state index in [1.165, 1.54) is 48.5 Å². The van der Waals surface area contributed by atoms with E-state index in [0.717, 1.165) is 14.2 Å². The van der Waals surface area contributed by atoms with Gasteiger partial charge in [0, 0.05) is 106 Å². The van der Waals surface area contributed by atoms with E-state index in [1.807, 2.05) is 0 Å². The first-order chi connectivity index (χ1) is 37.2. The molecule has 8 aromatic rings. The molecule has 0 radical (unpaired) electrons. The summed E-state index contributed by atoms with van der Waals surface area (Å²) in [5.74, 6) is -22.8. The summed E-state index contributed by atoms with van der Waals surface area (Å²) < 4.78 is 273. The van der Waals surface area contributed by atoms with Crippen LogP contribution in [0.2, 0.25) is 0 Å². The van der Waals surface area contributed by atoms with E-state index in [9.17, 15) is 52.7 Å². The van der Waals surface area contributed by atoms with Gasteiger partial charge in [0.05, 0.1) is 35.4 Å². The molecule has 81 heavy (non-hydrogen) atoms. The number of pyridine rings is 2. The molecule has 1 aliphatic heterocycles. The minimum Gasteiger partial charge on any atom is -0.741 e. The molecule has 0 spiro atoms. The number of aliphatic hydroxyl groups excluding tert-OH is 2. The summed E-state index contributed by atoms with van der Waals surface area (Å²) in [5.41, 5.74) is -14.0. The van der Waals surface area contributed by atoms with E-state index < -0.39 is 112 Å². The molecule has 0 unspecified atom stereocenters. The number of fused-ring (bicyclic) bond motifs is 8. The number of halogens is 16. The molecule has 2 aromatic carbocycles. The number of rotatable bonds is 4. The molecule has 14 nitrogen and oxygen atoms in total. The van der Waals surface area contributed by atoms with Crippen LogP contribution < -0.4 is 29.1 Å². The number of aryl methyl sites for hydroxylation is 2. The number of aliphatic hydroxyl groups is 2. The molecule has 33 heteroatoms. The Bertz CT molecular complexity index is 3340. The van der Waals surface area contributed by atoms with Crippen LogP contribution in [-0.2, 0) is 53.8 Å². The van der Waals surface area contributed by atoms with Crippen LogP contribution in [0.15, 0.2) is 97.6 Å². The van der Waals surface area contributed by atoms with Gasteiger partial charge >= 0.3 is 11.0 Å². The van der Waals surface area contributed by atoms with Crippen molar-refractivity contribution in [1.82, 2.24) is 19.9 Å². The predicted molar refractivity (Wildman–Crippen MR) is 237 cm³/mol. The summed E-state index contributed by atoms with van der Waals surface area (Å²) in [6.07, 6.45) is 6.61. The second-order valence-corrected chi connectivity index (χ2v) is 18.3. The second-order valence-electron chi connectivity index (χ2n) is 15.6. The molecule has 6 aromatic heterocycles. The van der Waals surface area contributed by atoms with Gasteiger partial charge in [-0.1, -0.05) is 0 Å². The van der Waals surface area contributed by atoms with Crippen molar-refractivity contribution in [3.8, 4) is 0 Å². The van der Waals surface area contributed by atoms with Gasteiger partial charge in [0.25, 0.3) is 0 Å². The average Bonchev–Trinajstić information content (AvgIpc) is 4.26. The van der Waals surface area contributed by atoms with Crippen molar-refractivity contribution in [2.45, 2.75) is 11.0 Å². The summed E-state index contributed by atoms with van der Waals surface area (Å²) in [6, 6.07) is 17.2. The maximum Gasteiger partial charge on any atom is 0.485 e. The largest absolute Gasteiger partial charge is 0.741 e. The summed E-state index contributed by atoms with van der Waals surface area (Å²) >= 11 is 0. The fourth-order valence-electron chi connectivity index (χ4n) is 7.18. The van der Waals surface area contributed by atoms with Crippen molar-refractivity contribution in [2.75, 3.05) is 14.2 Å². The van der Waals surface area contributed by atoms with Crippen molar-refractivity contribution in [1.29, 1.82) is 0 Å². The van der Waals surface area contributed by atoms with Crippen LogP contribution in [-0.4, -0.2) is 61.4 Å². The minimum atomic E-state index is -6.09. The summed E-state index contributed by atoms with van der Waals surface area (Å²) in [5, 5.41) is 14.0. The number of alkyl halides is 6. The van der Waals surface area contributed by atoms with Gasteiger partial charge in [-0.05, 0) is 45.6 Å². The third kappa shape index (κ3) is 13.7. The van der Waals surface area contributed by atoms with Crippen LogP contribution in [0.4, 0.5) is 70.2 Å². The Labute approximate surface area is 460 Å². The van der Waals surface area contributed by atoms with Crippen molar-refractivity contribution in [3.05, 3.63) is 247 Å². The number of nitrogens with zero attached hydrogens (tertiary/aromatic N) is 6. The van der Waals surface area contributed by atoms with E-state index in [0.29, 0.717) is 11.1 Å². The van der Waals surface area contributed by atoms with Crippen molar-refractivity contribution >= 4 is 20.2 Å². The first-order valence-corrected chi connectivity index (χ1v) is 24.0. The van der Waals surface area contributed by atoms with Gasteiger partial charge in [-0.15, -0.1) is 0 Å². The molecule has 426 valence electrons. The number of hydrogen-bond donors (Lipinski definition) is 2. The number of hydrogen-bond acceptors (Lipinski definition) is 8. The maximum atomic E-state index is 15.8. The summed E-state index contributed by atoms with van der Waals surface area (Å²) in [4.78, 5) is 18.5. The SMILES string of the molecule is CO.CO.C[n+]1ccc([C+]2c3ccc([n-]3)[C+](c3c(F)c(F)c(F)c(F)c3F)c3ccc([n-]3)[C+](c3cc[n+](C)cc3)c3ccc([n-]3)[C+](c3c(F)c(F)c(F)c(F)c3F)c3ccc2[n-]3)cc1.O=S(=O)([O-])C(F)(F)F.O=S(=O)([O-])C(F)(F)F.[Zn]. The minimum absolute atomic E-state index is 0.